The number of aryl methyl sites for hydroxylation is 3. The molecule has 4 aromatic rings. The van der Waals surface area contributed by atoms with Crippen LogP contribution < -0.4 is 4.74 Å². The number of fused-ring (bicyclic) bond motifs is 1. The number of benzene rings is 3. The molecule has 0 saturated carbocycles. The second-order valence-electron chi connectivity index (χ2n) is 7.84. The number of hydrogen-bond acceptors (Lipinski definition) is 6. The van der Waals surface area contributed by atoms with Crippen molar-refractivity contribution in [2.75, 3.05) is 0 Å². The summed E-state index contributed by atoms with van der Waals surface area (Å²) in [6.07, 6.45) is 2.99. The second-order valence-corrected chi connectivity index (χ2v) is 9.33. The van der Waals surface area contributed by atoms with E-state index in [9.17, 15) is 14.7 Å². The quantitative estimate of drug-likeness (QED) is 0.166. The summed E-state index contributed by atoms with van der Waals surface area (Å²) in [5, 5.41) is 11.3. The van der Waals surface area contributed by atoms with Gasteiger partial charge in [-0.3, -0.25) is 9.59 Å². The smallest absolute Gasteiger partial charge is 0.297 e. The van der Waals surface area contributed by atoms with E-state index in [2.05, 4.69) is 4.74 Å². The standard InChI is InChI=1S/C27H21ClO5S/c1-15-12-21(6-4-18(15)8-9-32-14-29)33-26-22-7-5-20(30)13-23(22)34-27(26)25(31)24-16(2)10-19(28)11-17(24)3/h4-14,30H,1-3H3/b9-8+. The summed E-state index contributed by atoms with van der Waals surface area (Å²) in [5.41, 5.74) is 3.91. The van der Waals surface area contributed by atoms with E-state index in [1.165, 1.54) is 17.6 Å². The minimum Gasteiger partial charge on any atom is -0.508 e. The van der Waals surface area contributed by atoms with Crippen LogP contribution in [0.1, 0.15) is 37.5 Å². The van der Waals surface area contributed by atoms with Gasteiger partial charge in [0.25, 0.3) is 6.47 Å². The number of aromatic hydroxyl groups is 1. The molecule has 0 aliphatic rings. The van der Waals surface area contributed by atoms with Gasteiger partial charge in [0.15, 0.2) is 5.75 Å². The molecule has 0 bridgehead atoms. The van der Waals surface area contributed by atoms with Crippen LogP contribution in [0.3, 0.4) is 0 Å². The fourth-order valence-corrected chi connectivity index (χ4v) is 5.29. The first-order valence-corrected chi connectivity index (χ1v) is 11.6. The maximum Gasteiger partial charge on any atom is 0.297 e. The van der Waals surface area contributed by atoms with Crippen LogP contribution in [0, 0.1) is 20.8 Å². The third-order valence-corrected chi connectivity index (χ3v) is 6.75. The highest BCUT2D eigenvalue weighted by atomic mass is 35.5. The van der Waals surface area contributed by atoms with Crippen molar-refractivity contribution in [3.05, 3.63) is 92.5 Å². The molecule has 0 aliphatic heterocycles. The largest absolute Gasteiger partial charge is 0.508 e. The Morgan fingerprint density at radius 1 is 1.00 bits per heavy atom. The van der Waals surface area contributed by atoms with E-state index in [4.69, 9.17) is 16.3 Å². The molecule has 7 heteroatoms. The van der Waals surface area contributed by atoms with Crippen molar-refractivity contribution in [2.24, 2.45) is 0 Å². The van der Waals surface area contributed by atoms with Gasteiger partial charge in [0.05, 0.1) is 6.26 Å². The molecule has 0 fully saturated rings. The molecule has 1 N–H and O–H groups in total. The summed E-state index contributed by atoms with van der Waals surface area (Å²) in [6.45, 7) is 5.97. The first kappa shape index (κ1) is 23.5. The summed E-state index contributed by atoms with van der Waals surface area (Å²) in [5.74, 6) is 0.940. The van der Waals surface area contributed by atoms with Crippen LogP contribution in [-0.4, -0.2) is 17.4 Å². The Kier molecular flexibility index (Phi) is 6.72. The van der Waals surface area contributed by atoms with E-state index in [1.54, 1.807) is 42.5 Å². The number of hydrogen-bond donors (Lipinski definition) is 1. The van der Waals surface area contributed by atoms with Crippen LogP contribution in [-0.2, 0) is 9.53 Å². The van der Waals surface area contributed by atoms with Crippen molar-refractivity contribution in [3.63, 3.8) is 0 Å². The summed E-state index contributed by atoms with van der Waals surface area (Å²) in [4.78, 5) is 24.5. The molecule has 0 radical (unpaired) electrons. The molecule has 0 atom stereocenters. The van der Waals surface area contributed by atoms with Gasteiger partial charge in [-0.1, -0.05) is 17.7 Å². The number of phenolic OH excluding ortho intramolecular Hbond substituents is 1. The Bertz CT molecular complexity index is 1430. The predicted octanol–water partition coefficient (Wildman–Crippen LogP) is 7.35. The molecule has 34 heavy (non-hydrogen) atoms. The molecule has 3 aromatic carbocycles. The maximum absolute atomic E-state index is 13.7. The van der Waals surface area contributed by atoms with Gasteiger partial charge in [0.2, 0.25) is 5.78 Å². The molecule has 0 saturated heterocycles. The lowest BCUT2D eigenvalue weighted by atomic mass is 9.98. The zero-order chi connectivity index (χ0) is 24.4. The van der Waals surface area contributed by atoms with Crippen molar-refractivity contribution < 1.29 is 24.2 Å². The number of halogens is 1. The number of carbonyl (C=O) groups excluding carboxylic acids is 2. The van der Waals surface area contributed by atoms with Crippen LogP contribution in [0.5, 0.6) is 17.2 Å². The Morgan fingerprint density at radius 3 is 2.41 bits per heavy atom. The van der Waals surface area contributed by atoms with Crippen molar-refractivity contribution in [1.82, 2.24) is 0 Å². The third-order valence-electron chi connectivity index (χ3n) is 5.40. The van der Waals surface area contributed by atoms with Crippen LogP contribution in [0.4, 0.5) is 0 Å². The number of ketones is 1. The van der Waals surface area contributed by atoms with Gasteiger partial charge in [-0.2, -0.15) is 0 Å². The molecule has 0 spiro atoms. The van der Waals surface area contributed by atoms with Gasteiger partial charge in [0.1, 0.15) is 16.4 Å². The van der Waals surface area contributed by atoms with E-state index in [-0.39, 0.29) is 11.5 Å². The van der Waals surface area contributed by atoms with Crippen molar-refractivity contribution in [1.29, 1.82) is 0 Å². The predicted molar refractivity (Wildman–Crippen MR) is 135 cm³/mol. The summed E-state index contributed by atoms with van der Waals surface area (Å²) < 4.78 is 11.6. The van der Waals surface area contributed by atoms with E-state index in [0.29, 0.717) is 33.4 Å². The number of carbonyl (C=O) groups is 2. The fourth-order valence-electron chi connectivity index (χ4n) is 3.86. The maximum atomic E-state index is 13.7. The second kappa shape index (κ2) is 9.71. The first-order chi connectivity index (χ1) is 16.3. The highest BCUT2D eigenvalue weighted by Gasteiger charge is 2.25. The molecule has 1 heterocycles. The zero-order valence-corrected chi connectivity index (χ0v) is 20.3. The number of thiophene rings is 1. The molecule has 4 rings (SSSR count). The molecule has 172 valence electrons. The molecule has 0 unspecified atom stereocenters. The molecule has 0 aliphatic carbocycles. The summed E-state index contributed by atoms with van der Waals surface area (Å²) >= 11 is 7.44. The topological polar surface area (TPSA) is 72.8 Å². The van der Waals surface area contributed by atoms with E-state index < -0.39 is 0 Å². The molecular weight excluding hydrogens is 472 g/mol. The SMILES string of the molecule is Cc1cc(Oc2c(C(=O)c3c(C)cc(Cl)cc3C)sc3cc(O)ccc23)ccc1/C=C/OC=O. The van der Waals surface area contributed by atoms with Crippen LogP contribution in [0.25, 0.3) is 16.2 Å². The van der Waals surface area contributed by atoms with E-state index >= 15 is 0 Å². The number of rotatable bonds is 7. The third kappa shape index (κ3) is 4.69. The lowest BCUT2D eigenvalue weighted by Gasteiger charge is -2.12. The van der Waals surface area contributed by atoms with Gasteiger partial charge in [-0.25, -0.2) is 0 Å². The van der Waals surface area contributed by atoms with Gasteiger partial charge in [-0.15, -0.1) is 11.3 Å². The minimum atomic E-state index is -0.162. The van der Waals surface area contributed by atoms with E-state index in [1.807, 2.05) is 32.9 Å². The Labute approximate surface area is 205 Å². The lowest BCUT2D eigenvalue weighted by molar-refractivity contribution is -0.123. The zero-order valence-electron chi connectivity index (χ0n) is 18.7. The van der Waals surface area contributed by atoms with Gasteiger partial charge in [-0.05, 0) is 91.6 Å². The van der Waals surface area contributed by atoms with Crippen molar-refractivity contribution in [3.8, 4) is 17.2 Å². The van der Waals surface area contributed by atoms with Gasteiger partial charge >= 0.3 is 0 Å². The summed E-state index contributed by atoms with van der Waals surface area (Å²) in [6, 6.07) is 13.9. The molecular formula is C27H21ClO5S. The monoisotopic (exact) mass is 492 g/mol. The van der Waals surface area contributed by atoms with E-state index in [0.717, 1.165) is 32.3 Å². The highest BCUT2D eigenvalue weighted by molar-refractivity contribution is 7.21. The summed E-state index contributed by atoms with van der Waals surface area (Å²) in [7, 11) is 0. The normalized spacial score (nSPS) is 11.2. The average molecular weight is 493 g/mol. The average Bonchev–Trinajstić information content (AvgIpc) is 3.12. The Hall–Kier alpha value is -3.61. The van der Waals surface area contributed by atoms with Crippen molar-refractivity contribution >= 4 is 51.4 Å². The Balaban J connectivity index is 1.80. The number of ether oxygens (including phenoxy) is 2. The van der Waals surface area contributed by atoms with Gasteiger partial charge in [0, 0.05) is 20.7 Å². The first-order valence-electron chi connectivity index (χ1n) is 10.4. The molecule has 1 aromatic heterocycles. The fraction of sp³-hybridized carbons (Fsp3) is 0.111. The highest BCUT2D eigenvalue weighted by Crippen LogP contribution is 2.43. The van der Waals surface area contributed by atoms with Crippen LogP contribution in [0.2, 0.25) is 5.02 Å². The van der Waals surface area contributed by atoms with Crippen LogP contribution >= 0.6 is 22.9 Å². The van der Waals surface area contributed by atoms with Gasteiger partial charge < -0.3 is 14.6 Å². The molecule has 0 amide bonds. The molecule has 5 nitrogen and oxygen atoms in total. The minimum absolute atomic E-state index is 0.114. The number of phenols is 1. The Morgan fingerprint density at radius 2 is 1.74 bits per heavy atom. The lowest BCUT2D eigenvalue weighted by Crippen LogP contribution is -2.06. The van der Waals surface area contributed by atoms with Crippen molar-refractivity contribution in [2.45, 2.75) is 20.8 Å². The van der Waals surface area contributed by atoms with Crippen LogP contribution in [0.15, 0.2) is 54.8 Å².